The van der Waals surface area contributed by atoms with Crippen molar-refractivity contribution >= 4 is 5.69 Å². The molecule has 0 bridgehead atoms. The van der Waals surface area contributed by atoms with Gasteiger partial charge in [-0.1, -0.05) is 42.0 Å². The van der Waals surface area contributed by atoms with Crippen LogP contribution in [0.3, 0.4) is 0 Å². The fourth-order valence-corrected chi connectivity index (χ4v) is 1.84. The first-order valence-corrected chi connectivity index (χ1v) is 5.98. The molecule has 0 amide bonds. The van der Waals surface area contributed by atoms with Crippen molar-refractivity contribution < 1.29 is 4.39 Å². The van der Waals surface area contributed by atoms with Gasteiger partial charge in [-0.15, -0.1) is 0 Å². The third-order valence-electron chi connectivity index (χ3n) is 2.92. The Kier molecular flexibility index (Phi) is 3.95. The highest BCUT2D eigenvalue weighted by Crippen LogP contribution is 2.21. The van der Waals surface area contributed by atoms with Gasteiger partial charge >= 0.3 is 0 Å². The van der Waals surface area contributed by atoms with Crippen LogP contribution < -0.4 is 11.1 Å². The van der Waals surface area contributed by atoms with Crippen LogP contribution in [0.1, 0.15) is 17.2 Å². The zero-order valence-electron chi connectivity index (χ0n) is 10.4. The van der Waals surface area contributed by atoms with Crippen molar-refractivity contribution in [3.05, 3.63) is 65.5 Å². The lowest BCUT2D eigenvalue weighted by atomic mass is 10.0. The summed E-state index contributed by atoms with van der Waals surface area (Å²) in [5.74, 6) is -0.261. The molecule has 1 atom stereocenters. The monoisotopic (exact) mass is 244 g/mol. The summed E-state index contributed by atoms with van der Waals surface area (Å²) in [5, 5.41) is 3.13. The van der Waals surface area contributed by atoms with Gasteiger partial charge in [-0.3, -0.25) is 0 Å². The number of nitrogens with two attached hydrogens (primary N) is 1. The molecule has 0 radical (unpaired) electrons. The van der Waals surface area contributed by atoms with E-state index in [4.69, 9.17) is 5.73 Å². The number of nitrogens with one attached hydrogen (secondary N) is 1. The van der Waals surface area contributed by atoms with Gasteiger partial charge in [-0.05, 0) is 24.6 Å². The van der Waals surface area contributed by atoms with Gasteiger partial charge < -0.3 is 11.1 Å². The van der Waals surface area contributed by atoms with Crippen molar-refractivity contribution in [2.24, 2.45) is 5.73 Å². The number of benzene rings is 2. The largest absolute Gasteiger partial charge is 0.375 e. The van der Waals surface area contributed by atoms with Gasteiger partial charge in [0.05, 0.1) is 11.7 Å². The van der Waals surface area contributed by atoms with E-state index >= 15 is 0 Å². The van der Waals surface area contributed by atoms with Crippen molar-refractivity contribution in [2.75, 3.05) is 11.9 Å². The van der Waals surface area contributed by atoms with E-state index in [1.165, 1.54) is 11.6 Å². The molecular weight excluding hydrogens is 227 g/mol. The lowest BCUT2D eigenvalue weighted by Crippen LogP contribution is -2.21. The maximum atomic E-state index is 13.6. The Labute approximate surface area is 107 Å². The topological polar surface area (TPSA) is 38.0 Å². The summed E-state index contributed by atoms with van der Waals surface area (Å²) < 4.78 is 13.6. The summed E-state index contributed by atoms with van der Waals surface area (Å²) in [4.78, 5) is 0. The average molecular weight is 244 g/mol. The molecule has 0 spiro atoms. The number of hydrogen-bond donors (Lipinski definition) is 2. The van der Waals surface area contributed by atoms with Gasteiger partial charge in [0, 0.05) is 6.54 Å². The van der Waals surface area contributed by atoms with Gasteiger partial charge in [-0.2, -0.15) is 0 Å². The Morgan fingerprint density at radius 3 is 2.39 bits per heavy atom. The zero-order valence-corrected chi connectivity index (χ0v) is 10.4. The van der Waals surface area contributed by atoms with Crippen molar-refractivity contribution in [1.29, 1.82) is 0 Å². The molecule has 2 aromatic carbocycles. The van der Waals surface area contributed by atoms with Crippen molar-refractivity contribution in [3.8, 4) is 0 Å². The minimum Gasteiger partial charge on any atom is -0.375 e. The number of aryl methyl sites for hydroxylation is 1. The Balaban J connectivity index is 2.20. The van der Waals surface area contributed by atoms with E-state index in [1.54, 1.807) is 18.2 Å². The van der Waals surface area contributed by atoms with E-state index in [-0.39, 0.29) is 11.9 Å². The van der Waals surface area contributed by atoms with Gasteiger partial charge in [0.2, 0.25) is 0 Å². The quantitative estimate of drug-likeness (QED) is 0.866. The van der Waals surface area contributed by atoms with Crippen molar-refractivity contribution in [1.82, 2.24) is 0 Å². The Morgan fingerprint density at radius 2 is 1.78 bits per heavy atom. The lowest BCUT2D eigenvalue weighted by molar-refractivity contribution is 0.626. The average Bonchev–Trinajstić information content (AvgIpc) is 2.39. The molecule has 0 aliphatic heterocycles. The SMILES string of the molecule is Cc1ccc(C(CN)Nc2ccccc2F)cc1. The molecule has 1 unspecified atom stereocenters. The van der Waals surface area contributed by atoms with Crippen LogP contribution in [0.4, 0.5) is 10.1 Å². The molecule has 94 valence electrons. The number of rotatable bonds is 4. The van der Waals surface area contributed by atoms with Crippen molar-refractivity contribution in [3.63, 3.8) is 0 Å². The second-order valence-corrected chi connectivity index (χ2v) is 4.32. The molecule has 0 heterocycles. The van der Waals surface area contributed by atoms with Crippen LogP contribution in [0, 0.1) is 12.7 Å². The first-order valence-electron chi connectivity index (χ1n) is 5.98. The molecule has 2 rings (SSSR count). The molecule has 0 aliphatic carbocycles. The normalized spacial score (nSPS) is 12.2. The molecule has 18 heavy (non-hydrogen) atoms. The first-order chi connectivity index (χ1) is 8.70. The highest BCUT2D eigenvalue weighted by atomic mass is 19.1. The van der Waals surface area contributed by atoms with E-state index in [1.807, 2.05) is 31.2 Å². The van der Waals surface area contributed by atoms with Crippen LogP contribution in [-0.4, -0.2) is 6.54 Å². The molecular formula is C15H17FN2. The van der Waals surface area contributed by atoms with Crippen LogP contribution in [-0.2, 0) is 0 Å². The standard InChI is InChI=1S/C15H17FN2/c1-11-6-8-12(9-7-11)15(10-17)18-14-5-3-2-4-13(14)16/h2-9,15,18H,10,17H2,1H3. The van der Waals surface area contributed by atoms with Crippen LogP contribution in [0.25, 0.3) is 0 Å². The Bertz CT molecular complexity index is 508. The van der Waals surface area contributed by atoms with Crippen LogP contribution in [0.15, 0.2) is 48.5 Å². The second kappa shape index (κ2) is 5.65. The van der Waals surface area contributed by atoms with Crippen molar-refractivity contribution in [2.45, 2.75) is 13.0 Å². The molecule has 0 saturated heterocycles. The zero-order chi connectivity index (χ0) is 13.0. The molecule has 0 aliphatic rings. The van der Waals surface area contributed by atoms with Crippen LogP contribution >= 0.6 is 0 Å². The molecule has 0 aromatic heterocycles. The highest BCUT2D eigenvalue weighted by molar-refractivity contribution is 5.47. The van der Waals surface area contributed by atoms with Gasteiger partial charge in [0.25, 0.3) is 0 Å². The number of para-hydroxylation sites is 1. The van der Waals surface area contributed by atoms with E-state index in [2.05, 4.69) is 5.32 Å². The maximum absolute atomic E-state index is 13.6. The molecule has 2 aromatic rings. The number of anilines is 1. The van der Waals surface area contributed by atoms with Crippen LogP contribution in [0.5, 0.6) is 0 Å². The van der Waals surface area contributed by atoms with Gasteiger partial charge in [-0.25, -0.2) is 4.39 Å². The maximum Gasteiger partial charge on any atom is 0.146 e. The Hall–Kier alpha value is -1.87. The third-order valence-corrected chi connectivity index (χ3v) is 2.92. The summed E-state index contributed by atoms with van der Waals surface area (Å²) in [5.41, 5.74) is 8.49. The summed E-state index contributed by atoms with van der Waals surface area (Å²) in [7, 11) is 0. The van der Waals surface area contributed by atoms with Crippen LogP contribution in [0.2, 0.25) is 0 Å². The first kappa shape index (κ1) is 12.6. The Morgan fingerprint density at radius 1 is 1.11 bits per heavy atom. The fraction of sp³-hybridized carbons (Fsp3) is 0.200. The highest BCUT2D eigenvalue weighted by Gasteiger charge is 2.11. The number of halogens is 1. The van der Waals surface area contributed by atoms with E-state index in [0.717, 1.165) is 5.56 Å². The molecule has 2 nitrogen and oxygen atoms in total. The second-order valence-electron chi connectivity index (χ2n) is 4.32. The summed E-state index contributed by atoms with van der Waals surface area (Å²) in [6, 6.07) is 14.6. The molecule has 3 N–H and O–H groups in total. The minimum atomic E-state index is -0.261. The van der Waals surface area contributed by atoms with Gasteiger partial charge in [0.1, 0.15) is 5.82 Å². The summed E-state index contributed by atoms with van der Waals surface area (Å²) in [6.07, 6.45) is 0. The van der Waals surface area contributed by atoms with Gasteiger partial charge in [0.15, 0.2) is 0 Å². The molecule has 0 saturated carbocycles. The predicted octanol–water partition coefficient (Wildman–Crippen LogP) is 3.25. The van der Waals surface area contributed by atoms with E-state index < -0.39 is 0 Å². The number of hydrogen-bond acceptors (Lipinski definition) is 2. The van der Waals surface area contributed by atoms with E-state index in [9.17, 15) is 4.39 Å². The lowest BCUT2D eigenvalue weighted by Gasteiger charge is -2.19. The smallest absolute Gasteiger partial charge is 0.146 e. The summed E-state index contributed by atoms with van der Waals surface area (Å²) in [6.45, 7) is 2.45. The molecule has 3 heteroatoms. The minimum absolute atomic E-state index is 0.0810. The fourth-order valence-electron chi connectivity index (χ4n) is 1.84. The van der Waals surface area contributed by atoms with E-state index in [0.29, 0.717) is 12.2 Å². The molecule has 0 fully saturated rings. The summed E-state index contributed by atoms with van der Waals surface area (Å²) >= 11 is 0. The predicted molar refractivity (Wildman–Crippen MR) is 73.0 cm³/mol. The third kappa shape index (κ3) is 2.87.